The van der Waals surface area contributed by atoms with E-state index in [1.54, 1.807) is 0 Å². The number of carbonyl (C=O) groups excluding carboxylic acids is 1. The molecule has 0 saturated heterocycles. The van der Waals surface area contributed by atoms with Crippen LogP contribution in [-0.4, -0.2) is 37.0 Å². The van der Waals surface area contributed by atoms with Gasteiger partial charge in [-0.3, -0.25) is 4.79 Å². The first kappa shape index (κ1) is 46.8. The van der Waals surface area contributed by atoms with Gasteiger partial charge in [-0.05, 0) is 64.2 Å². The van der Waals surface area contributed by atoms with E-state index in [0.717, 1.165) is 64.2 Å². The molecule has 0 aliphatic carbocycles. The lowest BCUT2D eigenvalue weighted by molar-refractivity contribution is -0.154. The Bertz CT molecular complexity index is 850. The monoisotopic (exact) mass is 683 g/mol. The molecule has 0 amide bonds. The van der Waals surface area contributed by atoms with E-state index in [9.17, 15) is 9.90 Å². The van der Waals surface area contributed by atoms with E-state index < -0.39 is 6.10 Å². The summed E-state index contributed by atoms with van der Waals surface area (Å²) in [4.78, 5) is 12.1. The van der Waals surface area contributed by atoms with Gasteiger partial charge in [-0.1, -0.05) is 183 Å². The van der Waals surface area contributed by atoms with Gasteiger partial charge in [-0.25, -0.2) is 0 Å². The topological polar surface area (TPSA) is 55.8 Å². The van der Waals surface area contributed by atoms with Crippen LogP contribution in [0.5, 0.6) is 0 Å². The Balaban J connectivity index is 3.50. The molecule has 0 aromatic rings. The number of allylic oxidation sites excluding steroid dienone is 12. The van der Waals surface area contributed by atoms with Crippen LogP contribution in [-0.2, 0) is 14.3 Å². The smallest absolute Gasteiger partial charge is 0.306 e. The molecule has 1 unspecified atom stereocenters. The van der Waals surface area contributed by atoms with E-state index in [1.807, 2.05) is 0 Å². The quantitative estimate of drug-likeness (QED) is 0.0402. The first-order valence-corrected chi connectivity index (χ1v) is 20.5. The van der Waals surface area contributed by atoms with Crippen molar-refractivity contribution in [3.05, 3.63) is 72.9 Å². The van der Waals surface area contributed by atoms with Crippen molar-refractivity contribution in [1.82, 2.24) is 0 Å². The third-order valence-electron chi connectivity index (χ3n) is 8.55. The highest BCUT2D eigenvalue weighted by molar-refractivity contribution is 5.69. The summed E-state index contributed by atoms with van der Waals surface area (Å²) in [6.45, 7) is 5.19. The fourth-order valence-corrected chi connectivity index (χ4v) is 5.51. The molecule has 0 aliphatic heterocycles. The van der Waals surface area contributed by atoms with Crippen molar-refractivity contribution in [2.75, 3.05) is 19.8 Å². The Kier molecular flexibility index (Phi) is 40.1. The molecule has 0 aromatic heterocycles. The van der Waals surface area contributed by atoms with Crippen molar-refractivity contribution in [1.29, 1.82) is 0 Å². The second-order valence-corrected chi connectivity index (χ2v) is 13.3. The molecular weight excluding hydrogens is 604 g/mol. The molecule has 1 N–H and O–H groups in total. The predicted octanol–water partition coefficient (Wildman–Crippen LogP) is 13.4. The van der Waals surface area contributed by atoms with E-state index in [4.69, 9.17) is 9.47 Å². The average Bonchev–Trinajstić information content (AvgIpc) is 3.11. The van der Waals surface area contributed by atoms with Crippen molar-refractivity contribution < 1.29 is 19.4 Å². The lowest BCUT2D eigenvalue weighted by Gasteiger charge is -2.16. The molecule has 0 spiro atoms. The fraction of sp³-hybridized carbons (Fsp3) is 0.711. The second kappa shape index (κ2) is 42.0. The van der Waals surface area contributed by atoms with Crippen LogP contribution in [0.25, 0.3) is 0 Å². The summed E-state index contributed by atoms with van der Waals surface area (Å²) in [7, 11) is 0. The maximum Gasteiger partial charge on any atom is 0.306 e. The van der Waals surface area contributed by atoms with Crippen molar-refractivity contribution in [3.63, 3.8) is 0 Å². The molecule has 1 atom stereocenters. The van der Waals surface area contributed by atoms with E-state index in [2.05, 4.69) is 86.8 Å². The maximum atomic E-state index is 12.1. The zero-order chi connectivity index (χ0) is 35.6. The van der Waals surface area contributed by atoms with Gasteiger partial charge in [-0.2, -0.15) is 0 Å². The lowest BCUT2D eigenvalue weighted by atomic mass is 10.1. The molecule has 0 saturated carbocycles. The minimum absolute atomic E-state index is 0.178. The van der Waals surface area contributed by atoms with Gasteiger partial charge in [0.05, 0.1) is 13.2 Å². The standard InChI is InChI=1S/C45H78O4/c1-3-5-7-9-11-13-15-16-17-18-19-20-21-22-23-24-25-26-27-28-29-31-33-35-37-39-41-48-43-44(42-46)49-45(47)40-38-36-34-32-30-14-12-10-8-6-4-2/h5,7,11,13,16-17,19-20,22-23,25-26,44,46H,3-4,6,8-10,12,14-15,18,21,24,27-43H2,1-2H3/b7-5-,13-11-,17-16-,20-19-,23-22-,26-25-. The predicted molar refractivity (Wildman–Crippen MR) is 214 cm³/mol. The largest absolute Gasteiger partial charge is 0.457 e. The third kappa shape index (κ3) is 40.1. The van der Waals surface area contributed by atoms with Crippen molar-refractivity contribution in [2.24, 2.45) is 0 Å². The molecule has 4 nitrogen and oxygen atoms in total. The van der Waals surface area contributed by atoms with E-state index >= 15 is 0 Å². The molecule has 0 fully saturated rings. The Morgan fingerprint density at radius 1 is 0.510 bits per heavy atom. The van der Waals surface area contributed by atoms with Crippen LogP contribution in [0, 0.1) is 0 Å². The van der Waals surface area contributed by atoms with Gasteiger partial charge in [0.15, 0.2) is 0 Å². The number of esters is 1. The highest BCUT2D eigenvalue weighted by atomic mass is 16.6. The molecule has 0 heterocycles. The zero-order valence-corrected chi connectivity index (χ0v) is 32.2. The number of hydrogen-bond acceptors (Lipinski definition) is 4. The SMILES string of the molecule is CC/C=C\C/C=C\C/C=C\C/C=C\C/C=C\C/C=C\CCCCCCCCCOCC(CO)OC(=O)CCCCCCCCCCCCC. The number of carbonyl (C=O) groups is 1. The van der Waals surface area contributed by atoms with Gasteiger partial charge in [0.25, 0.3) is 0 Å². The Labute approximate surface area is 304 Å². The summed E-state index contributed by atoms with van der Waals surface area (Å²) in [5.41, 5.74) is 0. The average molecular weight is 683 g/mol. The zero-order valence-electron chi connectivity index (χ0n) is 32.2. The lowest BCUT2D eigenvalue weighted by Crippen LogP contribution is -2.27. The van der Waals surface area contributed by atoms with Crippen molar-refractivity contribution in [2.45, 2.75) is 187 Å². The molecule has 49 heavy (non-hydrogen) atoms. The number of aliphatic hydroxyl groups is 1. The third-order valence-corrected chi connectivity index (χ3v) is 8.55. The van der Waals surface area contributed by atoms with Crippen LogP contribution in [0.4, 0.5) is 0 Å². The van der Waals surface area contributed by atoms with Crippen LogP contribution >= 0.6 is 0 Å². The minimum Gasteiger partial charge on any atom is -0.457 e. The molecule has 0 rings (SSSR count). The van der Waals surface area contributed by atoms with E-state index in [0.29, 0.717) is 13.0 Å². The van der Waals surface area contributed by atoms with Gasteiger partial charge >= 0.3 is 5.97 Å². The molecule has 0 aliphatic rings. The number of ether oxygens (including phenoxy) is 2. The minimum atomic E-state index is -0.540. The molecule has 4 heteroatoms. The number of aliphatic hydroxyl groups excluding tert-OH is 1. The van der Waals surface area contributed by atoms with Gasteiger partial charge in [0.2, 0.25) is 0 Å². The Morgan fingerprint density at radius 2 is 0.918 bits per heavy atom. The molecule has 0 bridgehead atoms. The van der Waals surface area contributed by atoms with Gasteiger partial charge in [0, 0.05) is 13.0 Å². The first-order chi connectivity index (χ1) is 24.2. The van der Waals surface area contributed by atoms with Crippen LogP contribution < -0.4 is 0 Å². The van der Waals surface area contributed by atoms with Gasteiger partial charge in [-0.15, -0.1) is 0 Å². The van der Waals surface area contributed by atoms with Crippen LogP contribution in [0.1, 0.15) is 181 Å². The van der Waals surface area contributed by atoms with Gasteiger partial charge in [0.1, 0.15) is 6.10 Å². The molecular formula is C45H78O4. The summed E-state index contributed by atoms with van der Waals surface area (Å²) >= 11 is 0. The highest BCUT2D eigenvalue weighted by Crippen LogP contribution is 2.13. The van der Waals surface area contributed by atoms with E-state index in [1.165, 1.54) is 96.3 Å². The van der Waals surface area contributed by atoms with Crippen LogP contribution in [0.15, 0.2) is 72.9 Å². The summed E-state index contributed by atoms with van der Waals surface area (Å²) in [6.07, 6.45) is 56.7. The number of hydrogen-bond donors (Lipinski definition) is 1. The normalized spacial score (nSPS) is 13.1. The van der Waals surface area contributed by atoms with Crippen molar-refractivity contribution in [3.8, 4) is 0 Å². The van der Waals surface area contributed by atoms with Crippen molar-refractivity contribution >= 4 is 5.97 Å². The molecule has 282 valence electrons. The molecule has 0 aromatic carbocycles. The molecule has 0 radical (unpaired) electrons. The number of unbranched alkanes of at least 4 members (excludes halogenated alkanes) is 17. The Hall–Kier alpha value is -2.17. The van der Waals surface area contributed by atoms with E-state index in [-0.39, 0.29) is 19.2 Å². The van der Waals surface area contributed by atoms with Gasteiger partial charge < -0.3 is 14.6 Å². The van der Waals surface area contributed by atoms with Crippen LogP contribution in [0.2, 0.25) is 0 Å². The summed E-state index contributed by atoms with van der Waals surface area (Å²) in [5.74, 6) is -0.209. The second-order valence-electron chi connectivity index (χ2n) is 13.3. The summed E-state index contributed by atoms with van der Waals surface area (Å²) in [6, 6.07) is 0. The maximum absolute atomic E-state index is 12.1. The first-order valence-electron chi connectivity index (χ1n) is 20.5. The summed E-state index contributed by atoms with van der Waals surface area (Å²) < 4.78 is 11.1. The Morgan fingerprint density at radius 3 is 1.39 bits per heavy atom. The summed E-state index contributed by atoms with van der Waals surface area (Å²) in [5, 5.41) is 9.57. The fourth-order valence-electron chi connectivity index (χ4n) is 5.51. The number of rotatable bonds is 37. The van der Waals surface area contributed by atoms with Crippen LogP contribution in [0.3, 0.4) is 0 Å². The highest BCUT2D eigenvalue weighted by Gasteiger charge is 2.13.